The summed E-state index contributed by atoms with van der Waals surface area (Å²) < 4.78 is 5.19. The predicted molar refractivity (Wildman–Crippen MR) is 44.9 cm³/mol. The largest absolute Gasteiger partial charge is 0.479 e. The number of carbonyl (C=O) groups is 1. The molecule has 12 heavy (non-hydrogen) atoms. The van der Waals surface area contributed by atoms with Crippen LogP contribution < -0.4 is 0 Å². The Morgan fingerprint density at radius 2 is 2.42 bits per heavy atom. The molecule has 0 spiro atoms. The Bertz CT molecular complexity index is 230. The molecule has 0 bridgehead atoms. The van der Waals surface area contributed by atoms with Crippen LogP contribution in [0.15, 0.2) is 24.3 Å². The number of carboxylic acid groups (broad SMARTS) is 1. The van der Waals surface area contributed by atoms with Gasteiger partial charge in [0.25, 0.3) is 0 Å². The third-order valence-corrected chi connectivity index (χ3v) is 1.80. The molecule has 3 heteroatoms. The Labute approximate surface area is 71.3 Å². The van der Waals surface area contributed by atoms with Gasteiger partial charge in [0.15, 0.2) is 5.60 Å². The van der Waals surface area contributed by atoms with Crippen LogP contribution in [-0.4, -0.2) is 23.3 Å². The summed E-state index contributed by atoms with van der Waals surface area (Å²) in [6.07, 6.45) is 7.31. The molecule has 66 valence electrons. The van der Waals surface area contributed by atoms with Gasteiger partial charge in [0.2, 0.25) is 0 Å². The van der Waals surface area contributed by atoms with E-state index in [1.165, 1.54) is 0 Å². The highest BCUT2D eigenvalue weighted by Crippen LogP contribution is 2.22. The quantitative estimate of drug-likeness (QED) is 0.692. The minimum atomic E-state index is -1.12. The fourth-order valence-corrected chi connectivity index (χ4v) is 1.19. The first kappa shape index (κ1) is 9.00. The Morgan fingerprint density at radius 3 is 2.83 bits per heavy atom. The lowest BCUT2D eigenvalue weighted by molar-refractivity contribution is -0.158. The molecule has 0 heterocycles. The summed E-state index contributed by atoms with van der Waals surface area (Å²) in [5.74, 6) is -0.926. The lowest BCUT2D eigenvalue weighted by Gasteiger charge is -2.25. The van der Waals surface area contributed by atoms with Crippen molar-refractivity contribution in [1.29, 1.82) is 0 Å². The van der Waals surface area contributed by atoms with Crippen LogP contribution in [0, 0.1) is 0 Å². The Morgan fingerprint density at radius 1 is 1.67 bits per heavy atom. The van der Waals surface area contributed by atoms with E-state index in [2.05, 4.69) is 0 Å². The first-order valence-electron chi connectivity index (χ1n) is 3.93. The average Bonchev–Trinajstić information content (AvgIpc) is 2.06. The fraction of sp³-hybridized carbons (Fsp3) is 0.444. The van der Waals surface area contributed by atoms with Crippen LogP contribution in [0.2, 0.25) is 0 Å². The van der Waals surface area contributed by atoms with Crippen molar-refractivity contribution in [2.45, 2.75) is 18.9 Å². The molecular weight excluding hydrogens is 156 g/mol. The Balaban J connectivity index is 2.80. The third-order valence-electron chi connectivity index (χ3n) is 1.80. The summed E-state index contributed by atoms with van der Waals surface area (Å²) in [4.78, 5) is 10.9. The predicted octanol–water partition coefficient (Wildman–Crippen LogP) is 1.36. The maximum absolute atomic E-state index is 10.9. The van der Waals surface area contributed by atoms with Crippen LogP contribution in [-0.2, 0) is 9.53 Å². The molecule has 1 aliphatic rings. The monoisotopic (exact) mass is 168 g/mol. The summed E-state index contributed by atoms with van der Waals surface area (Å²) >= 11 is 0. The van der Waals surface area contributed by atoms with Crippen LogP contribution in [0.25, 0.3) is 0 Å². The van der Waals surface area contributed by atoms with Crippen molar-refractivity contribution < 1.29 is 14.6 Å². The third kappa shape index (κ3) is 1.56. The van der Waals surface area contributed by atoms with Gasteiger partial charge in [-0.05, 0) is 13.0 Å². The van der Waals surface area contributed by atoms with E-state index in [1.807, 2.05) is 6.08 Å². The van der Waals surface area contributed by atoms with E-state index in [4.69, 9.17) is 9.84 Å². The molecule has 1 rings (SSSR count). The van der Waals surface area contributed by atoms with Gasteiger partial charge in [-0.25, -0.2) is 4.79 Å². The minimum absolute atomic E-state index is 0.407. The summed E-state index contributed by atoms with van der Waals surface area (Å²) in [6, 6.07) is 0. The molecule has 1 unspecified atom stereocenters. The van der Waals surface area contributed by atoms with Gasteiger partial charge in [0.1, 0.15) is 0 Å². The highest BCUT2D eigenvalue weighted by molar-refractivity contribution is 5.80. The van der Waals surface area contributed by atoms with E-state index in [0.717, 1.165) is 0 Å². The van der Waals surface area contributed by atoms with Crippen molar-refractivity contribution in [1.82, 2.24) is 0 Å². The molecular formula is C9H12O3. The second kappa shape index (κ2) is 3.54. The van der Waals surface area contributed by atoms with E-state index in [0.29, 0.717) is 13.0 Å². The molecule has 0 aromatic carbocycles. The van der Waals surface area contributed by atoms with Crippen molar-refractivity contribution in [2.75, 3.05) is 6.61 Å². The van der Waals surface area contributed by atoms with E-state index >= 15 is 0 Å². The van der Waals surface area contributed by atoms with Gasteiger partial charge in [0, 0.05) is 13.0 Å². The van der Waals surface area contributed by atoms with Crippen LogP contribution in [0.4, 0.5) is 0 Å². The molecule has 3 nitrogen and oxygen atoms in total. The molecule has 0 aromatic heterocycles. The summed E-state index contributed by atoms with van der Waals surface area (Å²) in [7, 11) is 0. The van der Waals surface area contributed by atoms with Gasteiger partial charge in [-0.15, -0.1) is 0 Å². The molecule has 0 fully saturated rings. The molecule has 0 radical (unpaired) electrons. The van der Waals surface area contributed by atoms with Gasteiger partial charge in [0.05, 0.1) is 0 Å². The zero-order valence-electron chi connectivity index (χ0n) is 6.99. The van der Waals surface area contributed by atoms with Crippen LogP contribution in [0.1, 0.15) is 13.3 Å². The number of aliphatic carboxylic acids is 1. The zero-order chi connectivity index (χ0) is 9.03. The molecule has 1 atom stereocenters. The highest BCUT2D eigenvalue weighted by Gasteiger charge is 2.36. The molecule has 1 aliphatic carbocycles. The van der Waals surface area contributed by atoms with Crippen molar-refractivity contribution in [2.24, 2.45) is 0 Å². The van der Waals surface area contributed by atoms with Crippen LogP contribution >= 0.6 is 0 Å². The Kier molecular flexibility index (Phi) is 2.65. The lowest BCUT2D eigenvalue weighted by atomic mass is 9.95. The maximum Gasteiger partial charge on any atom is 0.340 e. The summed E-state index contributed by atoms with van der Waals surface area (Å²) in [5.41, 5.74) is -1.12. The number of carboxylic acids is 1. The van der Waals surface area contributed by atoms with Gasteiger partial charge in [-0.1, -0.05) is 18.2 Å². The Hall–Kier alpha value is -1.09. The molecule has 0 aromatic rings. The number of rotatable bonds is 3. The van der Waals surface area contributed by atoms with Gasteiger partial charge < -0.3 is 9.84 Å². The molecule has 0 saturated carbocycles. The van der Waals surface area contributed by atoms with Crippen LogP contribution in [0.5, 0.6) is 0 Å². The maximum atomic E-state index is 10.9. The summed E-state index contributed by atoms with van der Waals surface area (Å²) in [6.45, 7) is 2.20. The van der Waals surface area contributed by atoms with Gasteiger partial charge in [-0.3, -0.25) is 0 Å². The number of ether oxygens (including phenoxy) is 1. The zero-order valence-corrected chi connectivity index (χ0v) is 6.99. The van der Waals surface area contributed by atoms with Crippen molar-refractivity contribution in [3.05, 3.63) is 24.3 Å². The molecule has 1 N–H and O–H groups in total. The van der Waals surface area contributed by atoms with Crippen LogP contribution in [0.3, 0.4) is 0 Å². The molecule has 0 saturated heterocycles. The topological polar surface area (TPSA) is 46.5 Å². The second-order valence-electron chi connectivity index (χ2n) is 2.62. The first-order valence-corrected chi connectivity index (χ1v) is 3.93. The SMILES string of the molecule is CCOC1(C(=O)O)C=CC=CC1. The smallest absolute Gasteiger partial charge is 0.340 e. The van der Waals surface area contributed by atoms with E-state index in [1.54, 1.807) is 25.2 Å². The standard InChI is InChI=1S/C9H12O3/c1-2-12-9(8(10)11)6-4-3-5-7-9/h3-6H,2,7H2,1H3,(H,10,11). The molecule has 0 amide bonds. The van der Waals surface area contributed by atoms with E-state index < -0.39 is 11.6 Å². The van der Waals surface area contributed by atoms with Crippen molar-refractivity contribution >= 4 is 5.97 Å². The van der Waals surface area contributed by atoms with Crippen molar-refractivity contribution in [3.63, 3.8) is 0 Å². The normalized spacial score (nSPS) is 27.4. The fourth-order valence-electron chi connectivity index (χ4n) is 1.19. The highest BCUT2D eigenvalue weighted by atomic mass is 16.5. The lowest BCUT2D eigenvalue weighted by Crippen LogP contribution is -2.39. The molecule has 0 aliphatic heterocycles. The number of hydrogen-bond acceptors (Lipinski definition) is 2. The van der Waals surface area contributed by atoms with Gasteiger partial charge in [-0.2, -0.15) is 0 Å². The van der Waals surface area contributed by atoms with Gasteiger partial charge >= 0.3 is 5.97 Å². The number of hydrogen-bond donors (Lipinski definition) is 1. The summed E-state index contributed by atoms with van der Waals surface area (Å²) in [5, 5.41) is 8.91. The van der Waals surface area contributed by atoms with E-state index in [-0.39, 0.29) is 0 Å². The first-order chi connectivity index (χ1) is 5.71. The minimum Gasteiger partial charge on any atom is -0.479 e. The average molecular weight is 168 g/mol. The van der Waals surface area contributed by atoms with E-state index in [9.17, 15) is 4.79 Å². The number of allylic oxidation sites excluding steroid dienone is 2. The van der Waals surface area contributed by atoms with Crippen molar-refractivity contribution in [3.8, 4) is 0 Å². The second-order valence-corrected chi connectivity index (χ2v) is 2.62.